The molecule has 1 aliphatic carbocycles. The molecular formula is C28H31ClN2O5. The molecule has 1 amide bonds. The predicted molar refractivity (Wildman–Crippen MR) is 138 cm³/mol. The third-order valence-corrected chi connectivity index (χ3v) is 8.23. The Balaban J connectivity index is 1.40. The van der Waals surface area contributed by atoms with Crippen molar-refractivity contribution < 1.29 is 24.2 Å². The minimum absolute atomic E-state index is 0.166. The lowest BCUT2D eigenvalue weighted by molar-refractivity contribution is -0.140. The molecule has 2 fully saturated rings. The highest BCUT2D eigenvalue weighted by Crippen LogP contribution is 2.38. The summed E-state index contributed by atoms with van der Waals surface area (Å²) in [5.41, 5.74) is 2.36. The highest BCUT2D eigenvalue weighted by Gasteiger charge is 2.42. The highest BCUT2D eigenvalue weighted by molar-refractivity contribution is 6.37. The molecule has 1 unspecified atom stereocenters. The molecule has 190 valence electrons. The zero-order valence-corrected chi connectivity index (χ0v) is 21.3. The number of carboxylic acids is 1. The molecule has 0 radical (unpaired) electrons. The third kappa shape index (κ3) is 4.24. The number of amides is 1. The van der Waals surface area contributed by atoms with Crippen LogP contribution in [0.1, 0.15) is 59.6 Å². The normalized spacial score (nSPS) is 18.4. The number of nitrogens with one attached hydrogen (secondary N) is 1. The summed E-state index contributed by atoms with van der Waals surface area (Å²) in [6.45, 7) is 0.698. The van der Waals surface area contributed by atoms with Crippen molar-refractivity contribution in [2.75, 3.05) is 20.3 Å². The minimum atomic E-state index is -0.768. The predicted octanol–water partition coefficient (Wildman–Crippen LogP) is 5.24. The van der Waals surface area contributed by atoms with Gasteiger partial charge in [0.1, 0.15) is 17.0 Å². The van der Waals surface area contributed by atoms with E-state index in [4.69, 9.17) is 21.1 Å². The number of carbonyl (C=O) groups is 2. The molecule has 1 aliphatic heterocycles. The van der Waals surface area contributed by atoms with E-state index in [1.165, 1.54) is 6.42 Å². The number of carboxylic acid groups (broad SMARTS) is 1. The van der Waals surface area contributed by atoms with Gasteiger partial charge in [-0.1, -0.05) is 55.1 Å². The Bertz CT molecular complexity index is 1290. The number of rotatable bonds is 7. The van der Waals surface area contributed by atoms with Crippen molar-refractivity contribution in [2.24, 2.45) is 13.0 Å². The molecule has 5 rings (SSSR count). The highest BCUT2D eigenvalue weighted by atomic mass is 35.5. The van der Waals surface area contributed by atoms with Crippen molar-refractivity contribution in [1.82, 2.24) is 9.88 Å². The largest absolute Gasteiger partial charge is 0.495 e. The molecule has 1 saturated heterocycles. The van der Waals surface area contributed by atoms with Gasteiger partial charge in [0, 0.05) is 12.4 Å². The molecule has 1 saturated carbocycles. The van der Waals surface area contributed by atoms with Gasteiger partial charge in [-0.05, 0) is 48.1 Å². The molecule has 2 heterocycles. The SMILES string of the molecule is COc1ccc2c(cc(C(=O)NC3(c4ccc(C(C(=O)O)C5CCCCC5)cc4)COC3)n2C)c1Cl. The summed E-state index contributed by atoms with van der Waals surface area (Å²) in [6, 6.07) is 13.1. The molecule has 7 nitrogen and oxygen atoms in total. The van der Waals surface area contributed by atoms with Gasteiger partial charge in [-0.15, -0.1) is 0 Å². The molecule has 8 heteroatoms. The Labute approximate surface area is 215 Å². The molecule has 3 aromatic rings. The first-order valence-corrected chi connectivity index (χ1v) is 12.8. The first-order chi connectivity index (χ1) is 17.3. The van der Waals surface area contributed by atoms with E-state index < -0.39 is 17.4 Å². The summed E-state index contributed by atoms with van der Waals surface area (Å²) in [5.74, 6) is -0.782. The lowest BCUT2D eigenvalue weighted by atomic mass is 9.76. The molecule has 0 spiro atoms. The maximum Gasteiger partial charge on any atom is 0.311 e. The quantitative estimate of drug-likeness (QED) is 0.453. The first-order valence-electron chi connectivity index (χ1n) is 12.4. The number of aryl methyl sites for hydroxylation is 1. The summed E-state index contributed by atoms with van der Waals surface area (Å²) < 4.78 is 12.7. The second-order valence-corrected chi connectivity index (χ2v) is 10.3. The number of hydrogen-bond acceptors (Lipinski definition) is 4. The topological polar surface area (TPSA) is 89.8 Å². The van der Waals surface area contributed by atoms with Crippen molar-refractivity contribution in [1.29, 1.82) is 0 Å². The van der Waals surface area contributed by atoms with Crippen LogP contribution in [0.25, 0.3) is 10.9 Å². The average molecular weight is 511 g/mol. The van der Waals surface area contributed by atoms with Crippen LogP contribution >= 0.6 is 11.6 Å². The van der Waals surface area contributed by atoms with Gasteiger partial charge in [-0.25, -0.2) is 0 Å². The van der Waals surface area contributed by atoms with Gasteiger partial charge >= 0.3 is 5.97 Å². The van der Waals surface area contributed by atoms with Gasteiger partial charge < -0.3 is 24.5 Å². The van der Waals surface area contributed by atoms with Crippen molar-refractivity contribution >= 4 is 34.4 Å². The lowest BCUT2D eigenvalue weighted by Gasteiger charge is -2.42. The first kappa shape index (κ1) is 24.7. The fourth-order valence-corrected chi connectivity index (χ4v) is 6.01. The molecule has 0 bridgehead atoms. The van der Waals surface area contributed by atoms with E-state index in [1.54, 1.807) is 19.2 Å². The number of nitrogens with zero attached hydrogens (tertiary/aromatic N) is 1. The van der Waals surface area contributed by atoms with E-state index in [9.17, 15) is 14.7 Å². The van der Waals surface area contributed by atoms with Crippen LogP contribution in [0.2, 0.25) is 5.02 Å². The average Bonchev–Trinajstić information content (AvgIpc) is 3.20. The molecule has 2 aromatic carbocycles. The second-order valence-electron chi connectivity index (χ2n) is 9.97. The van der Waals surface area contributed by atoms with Crippen LogP contribution in [0, 0.1) is 5.92 Å². The lowest BCUT2D eigenvalue weighted by Crippen LogP contribution is -2.59. The van der Waals surface area contributed by atoms with Gasteiger partial charge in [0.05, 0.1) is 36.8 Å². The summed E-state index contributed by atoms with van der Waals surface area (Å²) in [7, 11) is 3.39. The minimum Gasteiger partial charge on any atom is -0.495 e. The number of hydrogen-bond donors (Lipinski definition) is 2. The third-order valence-electron chi connectivity index (χ3n) is 7.84. The van der Waals surface area contributed by atoms with Crippen LogP contribution in [-0.2, 0) is 22.1 Å². The number of halogens is 1. The van der Waals surface area contributed by atoms with Crippen molar-refractivity contribution in [2.45, 2.75) is 43.6 Å². The number of carbonyl (C=O) groups excluding carboxylic acids is 1. The Morgan fingerprint density at radius 3 is 2.42 bits per heavy atom. The molecule has 1 atom stereocenters. The van der Waals surface area contributed by atoms with E-state index in [1.807, 2.05) is 41.9 Å². The van der Waals surface area contributed by atoms with E-state index in [0.29, 0.717) is 29.7 Å². The fraction of sp³-hybridized carbons (Fsp3) is 0.429. The van der Waals surface area contributed by atoms with Gasteiger partial charge in [0.15, 0.2) is 0 Å². The summed E-state index contributed by atoms with van der Waals surface area (Å²) in [6.07, 6.45) is 5.26. The maximum atomic E-state index is 13.4. The summed E-state index contributed by atoms with van der Waals surface area (Å²) >= 11 is 6.49. The Morgan fingerprint density at radius 2 is 1.83 bits per heavy atom. The van der Waals surface area contributed by atoms with E-state index in [0.717, 1.165) is 47.7 Å². The van der Waals surface area contributed by atoms with Crippen LogP contribution < -0.4 is 10.1 Å². The van der Waals surface area contributed by atoms with Gasteiger partial charge in [-0.2, -0.15) is 0 Å². The van der Waals surface area contributed by atoms with Crippen LogP contribution in [0.4, 0.5) is 0 Å². The standard InChI is InChI=1S/C28H31ClN2O5/c1-31-21-12-13-23(35-2)25(29)20(21)14-22(31)26(32)30-28(15-36-16-28)19-10-8-18(9-11-19)24(27(33)34)17-6-4-3-5-7-17/h8-14,17,24H,3-7,15-16H2,1-2H3,(H,30,32)(H,33,34). The number of aliphatic carboxylic acids is 1. The molecule has 2 aliphatic rings. The Kier molecular flexibility index (Phi) is 6.70. The number of benzene rings is 2. The van der Waals surface area contributed by atoms with Crippen molar-refractivity contribution in [3.63, 3.8) is 0 Å². The number of aromatic nitrogens is 1. The number of methoxy groups -OCH3 is 1. The Morgan fingerprint density at radius 1 is 1.14 bits per heavy atom. The summed E-state index contributed by atoms with van der Waals surface area (Å²) in [5, 5.41) is 14.3. The number of ether oxygens (including phenoxy) is 2. The van der Waals surface area contributed by atoms with Crippen molar-refractivity contribution in [3.8, 4) is 5.75 Å². The van der Waals surface area contributed by atoms with E-state index >= 15 is 0 Å². The van der Waals surface area contributed by atoms with Gasteiger partial charge in [-0.3, -0.25) is 9.59 Å². The maximum absolute atomic E-state index is 13.4. The van der Waals surface area contributed by atoms with Crippen LogP contribution in [0.3, 0.4) is 0 Å². The van der Waals surface area contributed by atoms with E-state index in [-0.39, 0.29) is 11.8 Å². The fourth-order valence-electron chi connectivity index (χ4n) is 5.72. The van der Waals surface area contributed by atoms with Crippen LogP contribution in [0.15, 0.2) is 42.5 Å². The van der Waals surface area contributed by atoms with E-state index in [2.05, 4.69) is 5.32 Å². The molecule has 1 aromatic heterocycles. The van der Waals surface area contributed by atoms with Gasteiger partial charge in [0.25, 0.3) is 5.91 Å². The molecular weight excluding hydrogens is 480 g/mol. The smallest absolute Gasteiger partial charge is 0.311 e. The number of fused-ring (bicyclic) bond motifs is 1. The molecule has 36 heavy (non-hydrogen) atoms. The van der Waals surface area contributed by atoms with Gasteiger partial charge in [0.2, 0.25) is 0 Å². The van der Waals surface area contributed by atoms with Crippen LogP contribution in [-0.4, -0.2) is 41.9 Å². The molecule has 2 N–H and O–H groups in total. The second kappa shape index (κ2) is 9.79. The monoisotopic (exact) mass is 510 g/mol. The van der Waals surface area contributed by atoms with Crippen molar-refractivity contribution in [3.05, 3.63) is 64.3 Å². The van der Waals surface area contributed by atoms with Crippen LogP contribution in [0.5, 0.6) is 5.75 Å². The zero-order valence-electron chi connectivity index (χ0n) is 20.6. The summed E-state index contributed by atoms with van der Waals surface area (Å²) in [4.78, 5) is 25.5. The zero-order chi connectivity index (χ0) is 25.4. The Hall–Kier alpha value is -3.03.